The van der Waals surface area contributed by atoms with Crippen LogP contribution >= 0.6 is 0 Å². The first kappa shape index (κ1) is 20.2. The number of carbonyl (C=O) groups excluding carboxylic acids is 1. The molecule has 30 heavy (non-hydrogen) atoms. The van der Waals surface area contributed by atoms with Gasteiger partial charge in [0.2, 0.25) is 11.6 Å². The first-order valence-electron chi connectivity index (χ1n) is 10.4. The third kappa shape index (κ3) is 3.84. The molecule has 1 aliphatic heterocycles. The van der Waals surface area contributed by atoms with Crippen LogP contribution in [0.25, 0.3) is 11.1 Å². The number of rotatable bonds is 5. The fourth-order valence-corrected chi connectivity index (χ4v) is 4.12. The van der Waals surface area contributed by atoms with Crippen molar-refractivity contribution in [1.29, 1.82) is 0 Å². The van der Waals surface area contributed by atoms with Gasteiger partial charge in [0.15, 0.2) is 0 Å². The molecule has 0 spiro atoms. The maximum Gasteiger partial charge on any atom is 0.231 e. The van der Waals surface area contributed by atoms with Gasteiger partial charge < -0.3 is 19.4 Å². The van der Waals surface area contributed by atoms with E-state index in [2.05, 4.69) is 15.2 Å². The average molecular weight is 409 g/mol. The Labute approximate surface area is 176 Å². The molecule has 1 amide bonds. The van der Waals surface area contributed by atoms with Crippen LogP contribution in [0.2, 0.25) is 0 Å². The van der Waals surface area contributed by atoms with Gasteiger partial charge in [0.25, 0.3) is 0 Å². The van der Waals surface area contributed by atoms with Crippen LogP contribution in [0.3, 0.4) is 0 Å². The highest BCUT2D eigenvalue weighted by atomic mass is 16.5. The number of ether oxygens (including phenoxy) is 1. The van der Waals surface area contributed by atoms with Gasteiger partial charge in [-0.2, -0.15) is 4.98 Å². The van der Waals surface area contributed by atoms with Crippen molar-refractivity contribution in [2.24, 2.45) is 5.92 Å². The summed E-state index contributed by atoms with van der Waals surface area (Å²) in [4.78, 5) is 24.3. The number of nitrogens with zero attached hydrogens (tertiary/aromatic N) is 3. The summed E-state index contributed by atoms with van der Waals surface area (Å²) in [5.74, 6) is 3.16. The smallest absolute Gasteiger partial charge is 0.231 e. The Morgan fingerprint density at radius 1 is 1.27 bits per heavy atom. The maximum absolute atomic E-state index is 12.9. The highest BCUT2D eigenvalue weighted by molar-refractivity contribution is 5.90. The zero-order chi connectivity index (χ0) is 21.3. The van der Waals surface area contributed by atoms with E-state index in [4.69, 9.17) is 14.1 Å². The highest BCUT2D eigenvalue weighted by Crippen LogP contribution is 2.33. The van der Waals surface area contributed by atoms with E-state index >= 15 is 0 Å². The number of anilines is 1. The van der Waals surface area contributed by atoms with Crippen LogP contribution in [0, 0.1) is 26.7 Å². The lowest BCUT2D eigenvalue weighted by Crippen LogP contribution is -2.43. The van der Waals surface area contributed by atoms with Gasteiger partial charge in [-0.15, -0.1) is 0 Å². The number of furan rings is 1. The van der Waals surface area contributed by atoms with E-state index < -0.39 is 0 Å². The molecule has 1 atom stereocenters. The van der Waals surface area contributed by atoms with Crippen LogP contribution in [0.15, 0.2) is 28.7 Å². The normalized spacial score (nSPS) is 16.7. The van der Waals surface area contributed by atoms with E-state index in [9.17, 15) is 4.79 Å². The number of fused-ring (bicyclic) bond motifs is 1. The standard InChI is InChI=1S/C23H28N4O3/c1-14-15(2)30-23-20(14)21(25-16(3)26-23)27-11-7-9-18(13-27)22(28)24-12-17-8-5-6-10-19(17)29-4/h5-6,8,10,18H,7,9,11-13H2,1-4H3,(H,24,28). The van der Waals surface area contributed by atoms with E-state index in [1.807, 2.05) is 45.0 Å². The van der Waals surface area contributed by atoms with E-state index in [1.165, 1.54) is 0 Å². The third-order valence-corrected chi connectivity index (χ3v) is 5.86. The summed E-state index contributed by atoms with van der Waals surface area (Å²) in [6.07, 6.45) is 1.80. The molecule has 7 heteroatoms. The number of nitrogens with one attached hydrogen (secondary N) is 1. The van der Waals surface area contributed by atoms with Crippen molar-refractivity contribution in [2.45, 2.75) is 40.2 Å². The Balaban J connectivity index is 1.51. The lowest BCUT2D eigenvalue weighted by molar-refractivity contribution is -0.125. The molecule has 1 N–H and O–H groups in total. The first-order chi connectivity index (χ1) is 14.5. The van der Waals surface area contributed by atoms with Crippen molar-refractivity contribution in [2.75, 3.05) is 25.1 Å². The van der Waals surface area contributed by atoms with Crippen molar-refractivity contribution in [1.82, 2.24) is 15.3 Å². The highest BCUT2D eigenvalue weighted by Gasteiger charge is 2.29. The zero-order valence-corrected chi connectivity index (χ0v) is 18.0. The fourth-order valence-electron chi connectivity index (χ4n) is 4.12. The van der Waals surface area contributed by atoms with E-state index in [0.29, 0.717) is 24.6 Å². The average Bonchev–Trinajstić information content (AvgIpc) is 3.04. The third-order valence-electron chi connectivity index (χ3n) is 5.86. The van der Waals surface area contributed by atoms with E-state index in [1.54, 1.807) is 7.11 Å². The molecule has 158 valence electrons. The number of aryl methyl sites for hydroxylation is 3. The molecule has 1 aromatic carbocycles. The van der Waals surface area contributed by atoms with Crippen LogP contribution in [0.5, 0.6) is 5.75 Å². The molecular formula is C23H28N4O3. The number of carbonyl (C=O) groups is 1. The van der Waals surface area contributed by atoms with Crippen LogP contribution in [-0.4, -0.2) is 36.1 Å². The van der Waals surface area contributed by atoms with Gasteiger partial charge >= 0.3 is 0 Å². The van der Waals surface area contributed by atoms with Crippen LogP contribution < -0.4 is 15.0 Å². The summed E-state index contributed by atoms with van der Waals surface area (Å²) in [6, 6.07) is 7.75. The molecule has 1 unspecified atom stereocenters. The Kier molecular flexibility index (Phi) is 5.61. The number of para-hydroxylation sites is 1. The van der Waals surface area contributed by atoms with Gasteiger partial charge in [0.1, 0.15) is 23.2 Å². The number of hydrogen-bond acceptors (Lipinski definition) is 6. The molecule has 0 radical (unpaired) electrons. The lowest BCUT2D eigenvalue weighted by atomic mass is 9.96. The van der Waals surface area contributed by atoms with Gasteiger partial charge in [-0.25, -0.2) is 4.98 Å². The predicted molar refractivity (Wildman–Crippen MR) is 116 cm³/mol. The van der Waals surface area contributed by atoms with E-state index in [0.717, 1.165) is 53.2 Å². The van der Waals surface area contributed by atoms with Crippen molar-refractivity contribution < 1.29 is 13.9 Å². The minimum absolute atomic E-state index is 0.0627. The molecule has 1 saturated heterocycles. The molecule has 0 bridgehead atoms. The molecule has 3 heterocycles. The molecule has 4 rings (SSSR count). The fraction of sp³-hybridized carbons (Fsp3) is 0.435. The molecule has 2 aromatic heterocycles. The van der Waals surface area contributed by atoms with Crippen LogP contribution in [-0.2, 0) is 11.3 Å². The predicted octanol–water partition coefficient (Wildman–Crippen LogP) is 3.69. The Morgan fingerprint density at radius 3 is 2.87 bits per heavy atom. The second kappa shape index (κ2) is 8.34. The van der Waals surface area contributed by atoms with E-state index in [-0.39, 0.29) is 11.8 Å². The largest absolute Gasteiger partial charge is 0.496 e. The summed E-state index contributed by atoms with van der Waals surface area (Å²) in [7, 11) is 1.64. The summed E-state index contributed by atoms with van der Waals surface area (Å²) >= 11 is 0. The summed E-state index contributed by atoms with van der Waals surface area (Å²) < 4.78 is 11.2. The number of piperidine rings is 1. The number of benzene rings is 1. The number of aromatic nitrogens is 2. The van der Waals surface area contributed by atoms with Gasteiger partial charge in [-0.3, -0.25) is 4.79 Å². The molecular weight excluding hydrogens is 380 g/mol. The lowest BCUT2D eigenvalue weighted by Gasteiger charge is -2.33. The molecule has 3 aromatic rings. The second-order valence-corrected chi connectivity index (χ2v) is 7.87. The van der Waals surface area contributed by atoms with Gasteiger partial charge in [0, 0.05) is 30.8 Å². The second-order valence-electron chi connectivity index (χ2n) is 7.87. The molecule has 0 saturated carbocycles. The van der Waals surface area contributed by atoms with Gasteiger partial charge in [0.05, 0.1) is 18.4 Å². The van der Waals surface area contributed by atoms with Gasteiger partial charge in [-0.1, -0.05) is 18.2 Å². The molecule has 1 aliphatic rings. The Morgan fingerprint density at radius 2 is 2.07 bits per heavy atom. The summed E-state index contributed by atoms with van der Waals surface area (Å²) in [5.41, 5.74) is 2.65. The molecule has 0 aliphatic carbocycles. The monoisotopic (exact) mass is 408 g/mol. The van der Waals surface area contributed by atoms with Crippen LogP contribution in [0.4, 0.5) is 5.82 Å². The minimum atomic E-state index is -0.0907. The first-order valence-corrected chi connectivity index (χ1v) is 10.4. The van der Waals surface area contributed by atoms with Crippen molar-refractivity contribution >= 4 is 22.8 Å². The number of methoxy groups -OCH3 is 1. The zero-order valence-electron chi connectivity index (χ0n) is 18.0. The Hall–Kier alpha value is -3.09. The summed E-state index contributed by atoms with van der Waals surface area (Å²) in [5, 5.41) is 4.03. The SMILES string of the molecule is COc1ccccc1CNC(=O)C1CCCN(c2nc(C)nc3oc(C)c(C)c23)C1. The van der Waals surface area contributed by atoms with Crippen LogP contribution in [0.1, 0.15) is 35.6 Å². The number of amides is 1. The van der Waals surface area contributed by atoms with Crippen molar-refractivity contribution in [3.8, 4) is 5.75 Å². The quantitative estimate of drug-likeness (QED) is 0.694. The van der Waals surface area contributed by atoms with Crippen molar-refractivity contribution in [3.63, 3.8) is 0 Å². The molecule has 1 fully saturated rings. The maximum atomic E-state index is 12.9. The topological polar surface area (TPSA) is 80.5 Å². The Bertz CT molecular complexity index is 1080. The number of hydrogen-bond donors (Lipinski definition) is 1. The molecule has 7 nitrogen and oxygen atoms in total. The summed E-state index contributed by atoms with van der Waals surface area (Å²) in [6.45, 7) is 7.80. The van der Waals surface area contributed by atoms with Gasteiger partial charge in [-0.05, 0) is 39.7 Å². The minimum Gasteiger partial charge on any atom is -0.496 e. The van der Waals surface area contributed by atoms with Crippen molar-refractivity contribution in [3.05, 3.63) is 47.0 Å².